The SMILES string of the molecule is CO[C@H]1COC(=O)[C@H](C)COC(=O)CC=C[C@@H](C)[C@H](OC)COC(=O)CC=C[C@@H]1C. The Labute approximate surface area is 178 Å². The normalized spacial score (nSPS) is 30.8. The Morgan fingerprint density at radius 3 is 1.63 bits per heavy atom. The Balaban J connectivity index is 2.86. The van der Waals surface area contributed by atoms with E-state index < -0.39 is 17.9 Å². The first-order chi connectivity index (χ1) is 14.3. The molecular formula is C22H34O8. The zero-order valence-corrected chi connectivity index (χ0v) is 18.5. The predicted octanol–water partition coefficient (Wildman–Crippen LogP) is 2.46. The van der Waals surface area contributed by atoms with Crippen molar-refractivity contribution in [3.63, 3.8) is 0 Å². The van der Waals surface area contributed by atoms with Gasteiger partial charge < -0.3 is 23.7 Å². The minimum atomic E-state index is -0.585. The van der Waals surface area contributed by atoms with Crippen LogP contribution in [0.2, 0.25) is 0 Å². The third kappa shape index (κ3) is 9.54. The zero-order chi connectivity index (χ0) is 22.5. The monoisotopic (exact) mass is 426 g/mol. The number of methoxy groups -OCH3 is 2. The molecule has 0 aromatic rings. The molecule has 170 valence electrons. The molecule has 0 aliphatic carbocycles. The first-order valence-electron chi connectivity index (χ1n) is 10.1. The van der Waals surface area contributed by atoms with Crippen LogP contribution in [0.3, 0.4) is 0 Å². The fraction of sp³-hybridized carbons (Fsp3) is 0.682. The van der Waals surface area contributed by atoms with Crippen molar-refractivity contribution in [2.75, 3.05) is 34.0 Å². The van der Waals surface area contributed by atoms with Crippen LogP contribution < -0.4 is 0 Å². The van der Waals surface area contributed by atoms with E-state index >= 15 is 0 Å². The lowest BCUT2D eigenvalue weighted by atomic mass is 10.0. The molecule has 1 rings (SSSR count). The number of ether oxygens (including phenoxy) is 5. The molecule has 0 aromatic heterocycles. The highest BCUT2D eigenvalue weighted by molar-refractivity contribution is 5.74. The average Bonchev–Trinajstić information content (AvgIpc) is 2.72. The van der Waals surface area contributed by atoms with Crippen LogP contribution in [-0.4, -0.2) is 64.2 Å². The molecule has 1 heterocycles. The van der Waals surface area contributed by atoms with E-state index in [0.717, 1.165) is 0 Å². The van der Waals surface area contributed by atoms with Crippen LogP contribution in [0.1, 0.15) is 33.6 Å². The molecule has 0 fully saturated rings. The number of carbonyl (C=O) groups is 3. The highest BCUT2D eigenvalue weighted by Crippen LogP contribution is 2.13. The molecule has 0 bridgehead atoms. The van der Waals surface area contributed by atoms with Gasteiger partial charge >= 0.3 is 17.9 Å². The van der Waals surface area contributed by atoms with Gasteiger partial charge in [0.25, 0.3) is 0 Å². The van der Waals surface area contributed by atoms with Gasteiger partial charge in [-0.1, -0.05) is 38.2 Å². The third-order valence-corrected chi connectivity index (χ3v) is 4.92. The second-order valence-electron chi connectivity index (χ2n) is 7.43. The van der Waals surface area contributed by atoms with Crippen molar-refractivity contribution in [1.29, 1.82) is 0 Å². The lowest BCUT2D eigenvalue weighted by Crippen LogP contribution is -2.30. The summed E-state index contributed by atoms with van der Waals surface area (Å²) >= 11 is 0. The van der Waals surface area contributed by atoms with Crippen LogP contribution in [0, 0.1) is 17.8 Å². The van der Waals surface area contributed by atoms with Crippen LogP contribution in [0.25, 0.3) is 0 Å². The zero-order valence-electron chi connectivity index (χ0n) is 18.5. The van der Waals surface area contributed by atoms with Crippen molar-refractivity contribution in [1.82, 2.24) is 0 Å². The summed E-state index contributed by atoms with van der Waals surface area (Å²) in [6, 6.07) is 0. The molecule has 0 saturated heterocycles. The molecule has 0 spiro atoms. The van der Waals surface area contributed by atoms with Gasteiger partial charge in [-0.05, 0) is 6.92 Å². The van der Waals surface area contributed by atoms with Crippen molar-refractivity contribution < 1.29 is 38.1 Å². The molecule has 0 aromatic carbocycles. The molecule has 30 heavy (non-hydrogen) atoms. The summed E-state index contributed by atoms with van der Waals surface area (Å²) in [6.45, 7) is 5.56. The predicted molar refractivity (Wildman–Crippen MR) is 109 cm³/mol. The van der Waals surface area contributed by atoms with E-state index in [-0.39, 0.29) is 62.7 Å². The fourth-order valence-electron chi connectivity index (χ4n) is 2.76. The summed E-state index contributed by atoms with van der Waals surface area (Å²) in [5.41, 5.74) is 0. The van der Waals surface area contributed by atoms with Crippen LogP contribution in [0.5, 0.6) is 0 Å². The van der Waals surface area contributed by atoms with E-state index in [1.54, 1.807) is 26.2 Å². The first kappa shape index (κ1) is 25.8. The average molecular weight is 427 g/mol. The van der Waals surface area contributed by atoms with Gasteiger partial charge in [-0.25, -0.2) is 0 Å². The Kier molecular flexibility index (Phi) is 12.0. The van der Waals surface area contributed by atoms with Crippen molar-refractivity contribution in [3.05, 3.63) is 24.3 Å². The first-order valence-corrected chi connectivity index (χ1v) is 10.1. The van der Waals surface area contributed by atoms with Crippen molar-refractivity contribution in [2.45, 2.75) is 45.8 Å². The molecule has 1 aliphatic heterocycles. The number of rotatable bonds is 2. The van der Waals surface area contributed by atoms with E-state index in [1.165, 1.54) is 7.11 Å². The Bertz CT molecular complexity index is 612. The standard InChI is InChI=1S/C22H34O8/c1-15-8-6-10-20(23)28-12-17(3)22(25)30-14-19(27-5)16(2)9-7-11-21(24)29-13-18(15)26-4/h6-9,15-19H,10-14H2,1-5H3/t15-,16+,17-,18-,19+/m1/s1. The molecule has 8 nitrogen and oxygen atoms in total. The Hall–Kier alpha value is -2.19. The molecule has 1 aliphatic rings. The number of hydrogen-bond acceptors (Lipinski definition) is 8. The molecule has 0 radical (unpaired) electrons. The smallest absolute Gasteiger partial charge is 0.312 e. The molecule has 8 heteroatoms. The van der Waals surface area contributed by atoms with Gasteiger partial charge in [-0.3, -0.25) is 14.4 Å². The third-order valence-electron chi connectivity index (χ3n) is 4.92. The van der Waals surface area contributed by atoms with Crippen molar-refractivity contribution in [3.8, 4) is 0 Å². The number of hydrogen-bond donors (Lipinski definition) is 0. The van der Waals surface area contributed by atoms with Gasteiger partial charge in [0.05, 0.1) is 31.0 Å². The van der Waals surface area contributed by atoms with E-state index in [2.05, 4.69) is 0 Å². The number of cyclic esters (lactones) is 3. The van der Waals surface area contributed by atoms with Gasteiger partial charge in [-0.15, -0.1) is 0 Å². The van der Waals surface area contributed by atoms with Gasteiger partial charge in [0, 0.05) is 26.1 Å². The fourth-order valence-corrected chi connectivity index (χ4v) is 2.76. The van der Waals surface area contributed by atoms with Gasteiger partial charge in [0.2, 0.25) is 0 Å². The lowest BCUT2D eigenvalue weighted by Gasteiger charge is -2.21. The maximum Gasteiger partial charge on any atom is 0.312 e. The van der Waals surface area contributed by atoms with Crippen LogP contribution in [0.4, 0.5) is 0 Å². The topological polar surface area (TPSA) is 97.4 Å². The van der Waals surface area contributed by atoms with Crippen molar-refractivity contribution in [2.24, 2.45) is 17.8 Å². The summed E-state index contributed by atoms with van der Waals surface area (Å²) in [4.78, 5) is 36.0. The number of esters is 3. The minimum absolute atomic E-state index is 0.0508. The van der Waals surface area contributed by atoms with Crippen LogP contribution in [-0.2, 0) is 38.1 Å². The molecule has 0 N–H and O–H groups in total. The summed E-state index contributed by atoms with van der Waals surface area (Å²) in [7, 11) is 3.07. The molecule has 0 amide bonds. The molecule has 5 atom stereocenters. The summed E-state index contributed by atoms with van der Waals surface area (Å²) in [5, 5.41) is 0. The van der Waals surface area contributed by atoms with Crippen LogP contribution >= 0.6 is 0 Å². The second-order valence-corrected chi connectivity index (χ2v) is 7.43. The van der Waals surface area contributed by atoms with E-state index in [0.29, 0.717) is 0 Å². The molecule has 0 unspecified atom stereocenters. The van der Waals surface area contributed by atoms with Gasteiger partial charge in [-0.2, -0.15) is 0 Å². The lowest BCUT2D eigenvalue weighted by molar-refractivity contribution is -0.157. The van der Waals surface area contributed by atoms with Crippen LogP contribution in [0.15, 0.2) is 24.3 Å². The van der Waals surface area contributed by atoms with Gasteiger partial charge in [0.15, 0.2) is 0 Å². The van der Waals surface area contributed by atoms with E-state index in [1.807, 2.05) is 26.0 Å². The van der Waals surface area contributed by atoms with E-state index in [9.17, 15) is 14.4 Å². The molecular weight excluding hydrogens is 392 g/mol. The Morgan fingerprint density at radius 1 is 0.733 bits per heavy atom. The second kappa shape index (κ2) is 13.9. The summed E-state index contributed by atoms with van der Waals surface area (Å²) < 4.78 is 26.5. The minimum Gasteiger partial charge on any atom is -0.465 e. The quantitative estimate of drug-likeness (QED) is 0.377. The highest BCUT2D eigenvalue weighted by atomic mass is 16.6. The highest BCUT2D eigenvalue weighted by Gasteiger charge is 2.22. The maximum atomic E-state index is 12.1. The number of carbonyl (C=O) groups excluding carboxylic acids is 3. The molecule has 0 saturated carbocycles. The van der Waals surface area contributed by atoms with E-state index in [4.69, 9.17) is 23.7 Å². The largest absolute Gasteiger partial charge is 0.465 e. The van der Waals surface area contributed by atoms with Crippen molar-refractivity contribution >= 4 is 17.9 Å². The Morgan fingerprint density at radius 2 is 1.17 bits per heavy atom. The van der Waals surface area contributed by atoms with Gasteiger partial charge in [0.1, 0.15) is 19.8 Å². The maximum absolute atomic E-state index is 12.1. The summed E-state index contributed by atoms with van der Waals surface area (Å²) in [6.07, 6.45) is 6.51. The summed E-state index contributed by atoms with van der Waals surface area (Å²) in [5.74, 6) is -2.03.